The third kappa shape index (κ3) is 2.33. The van der Waals surface area contributed by atoms with Crippen LogP contribution < -0.4 is 0 Å². The van der Waals surface area contributed by atoms with Crippen molar-refractivity contribution in [3.8, 4) is 0 Å². The zero-order valence-electron chi connectivity index (χ0n) is 12.2. The molecule has 1 aromatic heterocycles. The number of H-pyrrole nitrogens is 1. The number of imidazole rings is 1. The molecule has 1 aromatic carbocycles. The second-order valence-electron chi connectivity index (χ2n) is 6.38. The zero-order chi connectivity index (χ0) is 14.2. The van der Waals surface area contributed by atoms with Crippen LogP contribution in [0.1, 0.15) is 50.3 Å². The van der Waals surface area contributed by atoms with Gasteiger partial charge in [0.25, 0.3) is 0 Å². The lowest BCUT2D eigenvalue weighted by molar-refractivity contribution is -0.130. The predicted molar refractivity (Wildman–Crippen MR) is 82.0 cm³/mol. The van der Waals surface area contributed by atoms with Gasteiger partial charge >= 0.3 is 0 Å². The number of hydrogen-bond donors (Lipinski definition) is 1. The number of nitrogens with zero attached hydrogens (tertiary/aromatic N) is 2. The molecule has 1 saturated heterocycles. The molecule has 2 aliphatic rings. The van der Waals surface area contributed by atoms with Crippen molar-refractivity contribution in [1.82, 2.24) is 14.9 Å². The Morgan fingerprint density at radius 2 is 1.95 bits per heavy atom. The van der Waals surface area contributed by atoms with E-state index in [4.69, 9.17) is 0 Å². The molecule has 0 spiro atoms. The van der Waals surface area contributed by atoms with Crippen molar-refractivity contribution in [1.29, 1.82) is 0 Å². The van der Waals surface area contributed by atoms with Gasteiger partial charge in [0.05, 0.1) is 11.0 Å². The number of likely N-dealkylation sites (tertiary alicyclic amines) is 1. The lowest BCUT2D eigenvalue weighted by Crippen LogP contribution is -2.37. The minimum Gasteiger partial charge on any atom is -0.342 e. The van der Waals surface area contributed by atoms with E-state index in [-0.39, 0.29) is 5.92 Å². The smallest absolute Gasteiger partial charge is 0.223 e. The number of aromatic amines is 1. The van der Waals surface area contributed by atoms with E-state index >= 15 is 0 Å². The van der Waals surface area contributed by atoms with Crippen LogP contribution in [0.2, 0.25) is 0 Å². The number of para-hydroxylation sites is 2. The molecular formula is C17H21N3O. The monoisotopic (exact) mass is 283 g/mol. The molecule has 0 unspecified atom stereocenters. The lowest BCUT2D eigenvalue weighted by atomic mass is 9.94. The third-order valence-corrected chi connectivity index (χ3v) is 4.97. The zero-order valence-corrected chi connectivity index (χ0v) is 12.2. The fraction of sp³-hybridized carbons (Fsp3) is 0.529. The SMILES string of the molecule is O=C1C[C@H](c2nc3ccccc3[nH]2)CN1C1CCCCC1. The summed E-state index contributed by atoms with van der Waals surface area (Å²) in [5.74, 6) is 1.52. The maximum absolute atomic E-state index is 12.4. The van der Waals surface area contributed by atoms with E-state index in [0.717, 1.165) is 23.4 Å². The highest BCUT2D eigenvalue weighted by molar-refractivity contribution is 5.80. The van der Waals surface area contributed by atoms with Gasteiger partial charge in [-0.2, -0.15) is 0 Å². The molecule has 0 radical (unpaired) electrons. The molecule has 4 rings (SSSR count). The van der Waals surface area contributed by atoms with E-state index in [2.05, 4.69) is 14.9 Å². The van der Waals surface area contributed by atoms with Gasteiger partial charge < -0.3 is 9.88 Å². The first-order chi connectivity index (χ1) is 10.3. The average molecular weight is 283 g/mol. The molecule has 1 N–H and O–H groups in total. The number of carbonyl (C=O) groups excluding carboxylic acids is 1. The molecule has 2 heterocycles. The van der Waals surface area contributed by atoms with Gasteiger partial charge in [0, 0.05) is 24.9 Å². The summed E-state index contributed by atoms with van der Waals surface area (Å²) < 4.78 is 0. The molecule has 4 heteroatoms. The fourth-order valence-electron chi connectivity index (χ4n) is 3.83. The summed E-state index contributed by atoms with van der Waals surface area (Å²) in [7, 11) is 0. The molecule has 1 amide bonds. The van der Waals surface area contributed by atoms with Crippen LogP contribution in [0.15, 0.2) is 24.3 Å². The van der Waals surface area contributed by atoms with Crippen LogP contribution >= 0.6 is 0 Å². The van der Waals surface area contributed by atoms with E-state index in [1.807, 2.05) is 24.3 Å². The second kappa shape index (κ2) is 5.17. The van der Waals surface area contributed by atoms with Crippen molar-refractivity contribution in [2.75, 3.05) is 6.54 Å². The van der Waals surface area contributed by atoms with Crippen LogP contribution in [0.3, 0.4) is 0 Å². The van der Waals surface area contributed by atoms with Crippen molar-refractivity contribution in [2.45, 2.75) is 50.5 Å². The Kier molecular flexibility index (Phi) is 3.17. The topological polar surface area (TPSA) is 49.0 Å². The molecule has 0 bridgehead atoms. The third-order valence-electron chi connectivity index (χ3n) is 4.97. The Hall–Kier alpha value is -1.84. The Morgan fingerprint density at radius 3 is 2.76 bits per heavy atom. The number of benzene rings is 1. The molecule has 2 aromatic rings. The van der Waals surface area contributed by atoms with Gasteiger partial charge in [-0.3, -0.25) is 4.79 Å². The van der Waals surface area contributed by atoms with Crippen LogP contribution in [-0.4, -0.2) is 33.4 Å². The standard InChI is InChI=1S/C17H21N3O/c21-16-10-12(11-20(16)13-6-2-1-3-7-13)17-18-14-8-4-5-9-15(14)19-17/h4-5,8-9,12-13H,1-3,6-7,10-11H2,(H,18,19)/t12-/m0/s1. The first kappa shape index (κ1) is 12.9. The van der Waals surface area contributed by atoms with Gasteiger partial charge in [-0.25, -0.2) is 4.98 Å². The van der Waals surface area contributed by atoms with Crippen LogP contribution in [0.4, 0.5) is 0 Å². The van der Waals surface area contributed by atoms with E-state index in [1.54, 1.807) is 0 Å². The Morgan fingerprint density at radius 1 is 1.14 bits per heavy atom. The van der Waals surface area contributed by atoms with Gasteiger partial charge in [-0.1, -0.05) is 31.4 Å². The maximum atomic E-state index is 12.4. The summed E-state index contributed by atoms with van der Waals surface area (Å²) in [4.78, 5) is 22.5. The number of rotatable bonds is 2. The fourth-order valence-corrected chi connectivity index (χ4v) is 3.83. The molecule has 1 atom stereocenters. The molecular weight excluding hydrogens is 262 g/mol. The summed E-state index contributed by atoms with van der Waals surface area (Å²) in [6.45, 7) is 0.837. The minimum atomic E-state index is 0.229. The molecule has 110 valence electrons. The van der Waals surface area contributed by atoms with Crippen LogP contribution in [-0.2, 0) is 4.79 Å². The molecule has 1 aliphatic carbocycles. The van der Waals surface area contributed by atoms with Crippen molar-refractivity contribution in [3.05, 3.63) is 30.1 Å². The van der Waals surface area contributed by atoms with Crippen LogP contribution in [0.25, 0.3) is 11.0 Å². The minimum absolute atomic E-state index is 0.229. The number of hydrogen-bond acceptors (Lipinski definition) is 2. The average Bonchev–Trinajstić information content (AvgIpc) is 3.11. The van der Waals surface area contributed by atoms with Crippen LogP contribution in [0.5, 0.6) is 0 Å². The predicted octanol–water partition coefficient (Wildman–Crippen LogP) is 3.21. The van der Waals surface area contributed by atoms with E-state index in [9.17, 15) is 4.79 Å². The summed E-state index contributed by atoms with van der Waals surface area (Å²) in [5.41, 5.74) is 2.06. The molecule has 2 fully saturated rings. The molecule has 1 aliphatic heterocycles. The van der Waals surface area contributed by atoms with Crippen molar-refractivity contribution < 1.29 is 4.79 Å². The highest BCUT2D eigenvalue weighted by Crippen LogP contribution is 2.33. The number of nitrogens with one attached hydrogen (secondary N) is 1. The Balaban J connectivity index is 1.55. The summed E-state index contributed by atoms with van der Waals surface area (Å²) in [6.07, 6.45) is 6.83. The van der Waals surface area contributed by atoms with Gasteiger partial charge in [0.15, 0.2) is 0 Å². The van der Waals surface area contributed by atoms with E-state index in [0.29, 0.717) is 18.4 Å². The summed E-state index contributed by atoms with van der Waals surface area (Å²) >= 11 is 0. The Bertz CT molecular complexity index is 624. The Labute approximate surface area is 124 Å². The van der Waals surface area contributed by atoms with Gasteiger partial charge in [0.1, 0.15) is 5.82 Å². The normalized spacial score (nSPS) is 24.1. The van der Waals surface area contributed by atoms with Gasteiger partial charge in [-0.05, 0) is 25.0 Å². The quantitative estimate of drug-likeness (QED) is 0.920. The second-order valence-corrected chi connectivity index (χ2v) is 6.38. The molecule has 21 heavy (non-hydrogen) atoms. The lowest BCUT2D eigenvalue weighted by Gasteiger charge is -2.31. The van der Waals surface area contributed by atoms with E-state index in [1.165, 1.54) is 32.1 Å². The van der Waals surface area contributed by atoms with Gasteiger partial charge in [0.2, 0.25) is 5.91 Å². The van der Waals surface area contributed by atoms with Gasteiger partial charge in [-0.15, -0.1) is 0 Å². The number of carbonyl (C=O) groups is 1. The maximum Gasteiger partial charge on any atom is 0.223 e. The van der Waals surface area contributed by atoms with Crippen molar-refractivity contribution in [3.63, 3.8) is 0 Å². The number of aromatic nitrogens is 2. The summed E-state index contributed by atoms with van der Waals surface area (Å²) in [6, 6.07) is 8.55. The molecule has 1 saturated carbocycles. The largest absolute Gasteiger partial charge is 0.342 e. The number of fused-ring (bicyclic) bond motifs is 1. The van der Waals surface area contributed by atoms with Crippen molar-refractivity contribution in [2.24, 2.45) is 0 Å². The van der Waals surface area contributed by atoms with Crippen LogP contribution in [0, 0.1) is 0 Å². The van der Waals surface area contributed by atoms with E-state index < -0.39 is 0 Å². The van der Waals surface area contributed by atoms with Crippen molar-refractivity contribution >= 4 is 16.9 Å². The number of amides is 1. The highest BCUT2D eigenvalue weighted by atomic mass is 16.2. The molecule has 4 nitrogen and oxygen atoms in total. The summed E-state index contributed by atoms with van der Waals surface area (Å²) in [5, 5.41) is 0. The highest BCUT2D eigenvalue weighted by Gasteiger charge is 2.36. The first-order valence-corrected chi connectivity index (χ1v) is 8.05. The first-order valence-electron chi connectivity index (χ1n) is 8.05.